The smallest absolute Gasteiger partial charge is 0.417 e. The molecule has 10 N–H and O–H groups in total. The van der Waals surface area contributed by atoms with Gasteiger partial charge in [-0.15, -0.1) is 0 Å². The lowest BCUT2D eigenvalue weighted by Crippen LogP contribution is -2.50. The van der Waals surface area contributed by atoms with Crippen LogP contribution in [-0.2, 0) is 78.3 Å². The number of piperidine rings is 3. The van der Waals surface area contributed by atoms with Crippen LogP contribution in [0.2, 0.25) is 0 Å². The molecule has 0 saturated carbocycles. The van der Waals surface area contributed by atoms with Gasteiger partial charge in [-0.05, 0) is 147 Å². The van der Waals surface area contributed by atoms with Crippen molar-refractivity contribution < 1.29 is 86.4 Å². The normalized spacial score (nSPS) is 16.1. The van der Waals surface area contributed by atoms with Crippen molar-refractivity contribution in [2.75, 3.05) is 144 Å². The Kier molecular flexibility index (Phi) is 40.4. The van der Waals surface area contributed by atoms with Crippen molar-refractivity contribution in [3.63, 3.8) is 0 Å². The first-order chi connectivity index (χ1) is 62.6. The van der Waals surface area contributed by atoms with Crippen LogP contribution in [-0.4, -0.2) is 295 Å². The minimum atomic E-state index is -1.33. The number of fused-ring (bicyclic) bond motifs is 2. The van der Waals surface area contributed by atoms with E-state index in [1.165, 1.54) is 4.90 Å². The van der Waals surface area contributed by atoms with Crippen LogP contribution in [0.25, 0.3) is 21.8 Å². The first-order valence-electron chi connectivity index (χ1n) is 45.4. The van der Waals surface area contributed by atoms with Crippen LogP contribution in [0.3, 0.4) is 0 Å². The number of carboxylic acid groups (broad SMARTS) is 1. The average Bonchev–Trinajstić information content (AvgIpc) is 1.00. The molecule has 38 nitrogen and oxygen atoms in total. The molecule has 4 atom stereocenters. The number of amides is 10. The summed E-state index contributed by atoms with van der Waals surface area (Å²) in [5.74, 6) is -2.60. The number of aliphatic carboxylic acids is 1. The number of carbonyl (C=O) groups is 13. The Morgan fingerprint density at radius 1 is 0.531 bits per heavy atom. The first-order valence-corrected chi connectivity index (χ1v) is 45.4. The number of carbonyl (C=O) groups excluding carboxylic acids is 12. The molecule has 3 fully saturated rings. The lowest BCUT2D eigenvalue weighted by atomic mass is 9.94. The van der Waals surface area contributed by atoms with E-state index in [0.717, 1.165) is 65.5 Å². The monoisotopic (exact) mass is 1800 g/mol. The summed E-state index contributed by atoms with van der Waals surface area (Å²) >= 11 is 0. The molecule has 6 aliphatic rings. The molecular formula is C92H130N20O18. The summed E-state index contributed by atoms with van der Waals surface area (Å²) in [6, 6.07) is 25.3. The highest BCUT2D eigenvalue weighted by atomic mass is 16.6. The molecule has 11 rings (SSSR count). The number of rotatable bonds is 37. The van der Waals surface area contributed by atoms with Gasteiger partial charge >= 0.3 is 30.1 Å². The lowest BCUT2D eigenvalue weighted by molar-refractivity contribution is -0.152. The third-order valence-corrected chi connectivity index (χ3v) is 23.1. The number of carboxylic acids is 1. The number of para-hydroxylation sites is 2. The second kappa shape index (κ2) is 52.0. The van der Waals surface area contributed by atoms with Crippen LogP contribution >= 0.6 is 0 Å². The number of ether oxygens (including phenoxy) is 4. The number of hydrogen-bond donors (Lipinski definition) is 10. The number of benzene rings is 3. The van der Waals surface area contributed by atoms with Gasteiger partial charge in [0.1, 0.15) is 18.2 Å². The summed E-state index contributed by atoms with van der Waals surface area (Å²) in [6.07, 6.45) is 7.42. The van der Waals surface area contributed by atoms with Gasteiger partial charge in [-0.1, -0.05) is 73.7 Å². The number of nitrogens with one attached hydrogen (secondary N) is 9. The number of guanidine groups is 3. The van der Waals surface area contributed by atoms with Gasteiger partial charge in [0.15, 0.2) is 25.1 Å². The van der Waals surface area contributed by atoms with Gasteiger partial charge in [-0.25, -0.2) is 19.3 Å². The second-order valence-corrected chi connectivity index (χ2v) is 33.5. The van der Waals surface area contributed by atoms with E-state index in [0.29, 0.717) is 186 Å². The number of aromatic nitrogens is 2. The fourth-order valence-electron chi connectivity index (χ4n) is 15.5. The molecule has 0 spiro atoms. The highest BCUT2D eigenvalue weighted by Crippen LogP contribution is 2.29. The third kappa shape index (κ3) is 32.7. The molecule has 3 unspecified atom stereocenters. The number of esters is 2. The number of pyridine rings is 2. The molecule has 2 aromatic heterocycles. The summed E-state index contributed by atoms with van der Waals surface area (Å²) in [5.41, 5.74) is 3.09. The number of alkyl carbamates (subject to hydrolysis) is 1. The van der Waals surface area contributed by atoms with E-state index >= 15 is 0 Å². The fraction of sp³-hybridized carbons (Fsp3) is 0.565. The highest BCUT2D eigenvalue weighted by molar-refractivity contribution is 5.96. The average molecular weight is 1800 g/mol. The molecule has 5 aromatic rings. The predicted molar refractivity (Wildman–Crippen MR) is 486 cm³/mol. The number of hydrogen-bond acceptors (Lipinski definition) is 27. The predicted octanol–water partition coefficient (Wildman–Crippen LogP) is 5.47. The van der Waals surface area contributed by atoms with E-state index in [2.05, 4.69) is 72.8 Å². The minimum Gasteiger partial charge on any atom is -0.480 e. The molecule has 130 heavy (non-hydrogen) atoms. The van der Waals surface area contributed by atoms with Gasteiger partial charge in [-0.3, -0.25) is 72.9 Å². The van der Waals surface area contributed by atoms with Crippen LogP contribution in [0.1, 0.15) is 168 Å². The zero-order valence-electron chi connectivity index (χ0n) is 76.1. The number of nitrogens with zero attached hydrogens (tertiary/aromatic N) is 11. The molecule has 0 radical (unpaired) electrons. The molecule has 0 bridgehead atoms. The number of likely N-dealkylation sites (tertiary alicyclic amines) is 3. The molecule has 3 saturated heterocycles. The van der Waals surface area contributed by atoms with Gasteiger partial charge in [0, 0.05) is 164 Å². The van der Waals surface area contributed by atoms with Gasteiger partial charge < -0.3 is 96.4 Å². The summed E-state index contributed by atoms with van der Waals surface area (Å²) in [6.45, 7) is 24.7. The van der Waals surface area contributed by atoms with E-state index in [-0.39, 0.29) is 110 Å². The Labute approximate surface area is 759 Å². The van der Waals surface area contributed by atoms with Gasteiger partial charge in [0.25, 0.3) is 11.8 Å². The fourth-order valence-corrected chi connectivity index (χ4v) is 15.5. The number of aliphatic imine (C=N–C) groups is 3. The van der Waals surface area contributed by atoms with Crippen LogP contribution < -0.4 is 47.9 Å². The van der Waals surface area contributed by atoms with Gasteiger partial charge in [0.05, 0.1) is 62.1 Å². The Morgan fingerprint density at radius 2 is 0.985 bits per heavy atom. The van der Waals surface area contributed by atoms with Gasteiger partial charge in [0.2, 0.25) is 41.4 Å². The zero-order chi connectivity index (χ0) is 93.5. The zero-order valence-corrected chi connectivity index (χ0v) is 76.1. The van der Waals surface area contributed by atoms with E-state index in [9.17, 15) is 67.4 Å². The van der Waals surface area contributed by atoms with Gasteiger partial charge in [-0.2, -0.15) is 0 Å². The maximum atomic E-state index is 13.5. The van der Waals surface area contributed by atoms with Crippen molar-refractivity contribution >= 4 is 117 Å². The summed E-state index contributed by atoms with van der Waals surface area (Å²) in [7, 11) is 0. The van der Waals surface area contributed by atoms with E-state index < -0.39 is 53.8 Å². The largest absolute Gasteiger partial charge is 0.480 e. The molecule has 38 heteroatoms. The Bertz CT molecular complexity index is 4730. The van der Waals surface area contributed by atoms with Crippen LogP contribution in [0.5, 0.6) is 0 Å². The molecule has 706 valence electrons. The Morgan fingerprint density at radius 3 is 1.45 bits per heavy atom. The van der Waals surface area contributed by atoms with Crippen molar-refractivity contribution in [2.24, 2.45) is 38.6 Å². The van der Waals surface area contributed by atoms with E-state index in [1.54, 1.807) is 56.3 Å². The molecular weight excluding hydrogens is 1670 g/mol. The van der Waals surface area contributed by atoms with Crippen LogP contribution in [0.15, 0.2) is 118 Å². The molecule has 0 aliphatic carbocycles. The van der Waals surface area contributed by atoms with Crippen molar-refractivity contribution in [2.45, 2.75) is 169 Å². The summed E-state index contributed by atoms with van der Waals surface area (Å²) in [4.78, 5) is 196. The van der Waals surface area contributed by atoms with E-state index in [4.69, 9.17) is 18.9 Å². The number of likely N-dealkylation sites (N-methyl/N-ethyl adjacent to an activating group) is 2. The molecule has 3 aromatic carbocycles. The lowest BCUT2D eigenvalue weighted by Gasteiger charge is -2.33. The Balaban J connectivity index is 0.000000222. The molecule has 6 aliphatic heterocycles. The van der Waals surface area contributed by atoms with Crippen LogP contribution in [0, 0.1) is 23.7 Å². The summed E-state index contributed by atoms with van der Waals surface area (Å²) < 4.78 is 21.1. The maximum Gasteiger partial charge on any atom is 0.417 e. The topological polar surface area (TPSA) is 470 Å². The molecule has 10 amide bonds. The van der Waals surface area contributed by atoms with Crippen molar-refractivity contribution in [1.29, 1.82) is 0 Å². The van der Waals surface area contributed by atoms with Crippen molar-refractivity contribution in [3.8, 4) is 0 Å². The highest BCUT2D eigenvalue weighted by Gasteiger charge is 2.36. The first kappa shape index (κ1) is 101. The third-order valence-electron chi connectivity index (χ3n) is 23.1. The van der Waals surface area contributed by atoms with E-state index in [1.807, 2.05) is 127 Å². The van der Waals surface area contributed by atoms with Crippen molar-refractivity contribution in [1.82, 2.24) is 87.2 Å². The Hall–Kier alpha value is -12.8. The van der Waals surface area contributed by atoms with Crippen LogP contribution in [0.4, 0.5) is 9.59 Å². The standard InChI is InChI=1S/C36H51N7O7.C31H43N7O5.C25H36N6O6/c1-6-41(7-2)31(45)24-49-32(46)22-29(27-21-26-11-8-9-12-28(26)39-23-27)40-33(47)25-14-18-42(19-15-25)30(44)13-10-16-37-34-38-17-20-43(34)35(48)50-36(3,4)5;1-3-37(4-2)28(40)21-43-29(41)19-26(24-18-23-8-5-6-9-25(23)35-20-24)36-30(42)22-11-16-38(17-12-22)27(39)10-7-13-32-31-33-14-15-34-31;1-17(7-10-26-24-27-11-12-28-24)22(33)31-13-8-19(9-14-31)21(32)29-15-20(23(34)35)30-25(36)37-16-18-5-3-2-4-6-18/h8-9,11-12,21,23,25,29H,6-7,10,13-20,22,24H2,1-5H3,(H,37,38)(H,40,47);5-6,8-9,18,20,22,26H,3-4,7,10-17,19,21H2,1-2H3,(H,36,42)(H2,32,33,34);2-6,17,19-20H,7-16H2,1H3,(H,29,32)(H,30,36)(H,34,35)(H2,26,27,28)/t;;17?,20-/m..0/s1. The van der Waals surface area contributed by atoms with Crippen molar-refractivity contribution in [3.05, 3.63) is 120 Å². The summed E-state index contributed by atoms with van der Waals surface area (Å²) in [5, 5.41) is 38.0. The SMILES string of the molecule is CC(CCNC1=NCCN1)C(=O)N1CCC(C(=O)NC[C@H](NC(=O)OCc2ccccc2)C(=O)O)CC1.CCN(CC)C(=O)COC(=O)CC(NC(=O)C1CCN(C(=O)CCCNC2=NCCN2)CC1)c1cnc2ccccc2c1.CCN(CC)C(=O)COC(=O)CC(NC(=O)C1CCN(C(=O)CCCNC2=NCCN2C(=O)OC(C)(C)C)CC1)c1cnc2ccccc2c1. The maximum absolute atomic E-state index is 13.5. The second-order valence-electron chi connectivity index (χ2n) is 33.5. The quantitative estimate of drug-likeness (QED) is 0.0134. The molecule has 8 heterocycles. The minimum absolute atomic E-state index is 0.00426.